The summed E-state index contributed by atoms with van der Waals surface area (Å²) in [7, 11) is 0. The van der Waals surface area contributed by atoms with Gasteiger partial charge in [0, 0.05) is 11.8 Å². The molecule has 0 saturated carbocycles. The molecule has 1 unspecified atom stereocenters. The number of benzene rings is 1. The second-order valence-corrected chi connectivity index (χ2v) is 3.23. The van der Waals surface area contributed by atoms with Gasteiger partial charge in [-0.15, -0.1) is 0 Å². The zero-order valence-corrected chi connectivity index (χ0v) is 8.78. The number of halogens is 3. The lowest BCUT2D eigenvalue weighted by atomic mass is 10.2. The summed E-state index contributed by atoms with van der Waals surface area (Å²) in [6, 6.07) is 2.21. The Morgan fingerprint density at radius 3 is 2.59 bits per heavy atom. The van der Waals surface area contributed by atoms with Crippen molar-refractivity contribution in [1.82, 2.24) is 0 Å². The number of anilines is 1. The number of rotatable bonds is 5. The van der Waals surface area contributed by atoms with Crippen LogP contribution in [-0.2, 0) is 4.79 Å². The molecule has 94 valence electrons. The molecule has 0 aliphatic carbocycles. The number of hydrogen-bond donors (Lipinski definition) is 2. The van der Waals surface area contributed by atoms with E-state index in [1.165, 1.54) is 13.0 Å². The average Bonchev–Trinajstić information content (AvgIpc) is 2.21. The summed E-state index contributed by atoms with van der Waals surface area (Å²) in [6.45, 7) is -1.75. The number of carbonyl (C=O) groups is 1. The SMILES string of the molecule is CC(Nc1ccc(OC(F)F)c(F)c1)C(=O)O. The standard InChI is InChI=1S/C10H10F3NO3/c1-5(9(15)16)14-6-2-3-8(7(11)4-6)17-10(12)13/h2-5,10,14H,1H3,(H,15,16). The van der Waals surface area contributed by atoms with E-state index in [0.29, 0.717) is 0 Å². The van der Waals surface area contributed by atoms with Crippen molar-refractivity contribution in [2.75, 3.05) is 5.32 Å². The average molecular weight is 249 g/mol. The molecule has 0 aliphatic heterocycles. The minimum Gasteiger partial charge on any atom is -0.480 e. The number of ether oxygens (including phenoxy) is 1. The fourth-order valence-corrected chi connectivity index (χ4v) is 1.09. The van der Waals surface area contributed by atoms with Crippen LogP contribution in [0.4, 0.5) is 18.9 Å². The van der Waals surface area contributed by atoms with Crippen LogP contribution in [0.3, 0.4) is 0 Å². The number of carboxylic acids is 1. The second kappa shape index (κ2) is 5.42. The third-order valence-electron chi connectivity index (χ3n) is 1.90. The molecule has 2 N–H and O–H groups in total. The van der Waals surface area contributed by atoms with Crippen molar-refractivity contribution in [3.8, 4) is 5.75 Å². The Hall–Kier alpha value is -1.92. The maximum atomic E-state index is 13.2. The molecule has 0 fully saturated rings. The zero-order valence-electron chi connectivity index (χ0n) is 8.78. The predicted octanol–water partition coefficient (Wildman–Crippen LogP) is 2.31. The second-order valence-electron chi connectivity index (χ2n) is 3.23. The van der Waals surface area contributed by atoms with Crippen molar-refractivity contribution in [3.63, 3.8) is 0 Å². The first-order valence-corrected chi connectivity index (χ1v) is 4.64. The molecule has 0 spiro atoms. The Balaban J connectivity index is 2.78. The first-order valence-electron chi connectivity index (χ1n) is 4.64. The van der Waals surface area contributed by atoms with Gasteiger partial charge in [0.25, 0.3) is 0 Å². The Kier molecular flexibility index (Phi) is 4.19. The van der Waals surface area contributed by atoms with Crippen molar-refractivity contribution < 1.29 is 27.8 Å². The summed E-state index contributed by atoms with van der Waals surface area (Å²) in [5.74, 6) is -2.69. The van der Waals surface area contributed by atoms with Crippen LogP contribution in [0.5, 0.6) is 5.75 Å². The molecular formula is C10H10F3NO3. The van der Waals surface area contributed by atoms with Gasteiger partial charge < -0.3 is 15.2 Å². The van der Waals surface area contributed by atoms with Crippen molar-refractivity contribution in [2.24, 2.45) is 0 Å². The molecule has 1 rings (SSSR count). The van der Waals surface area contributed by atoms with Crippen molar-refractivity contribution in [1.29, 1.82) is 0 Å². The van der Waals surface area contributed by atoms with Crippen LogP contribution in [0, 0.1) is 5.82 Å². The van der Waals surface area contributed by atoms with Crippen LogP contribution in [0.1, 0.15) is 6.92 Å². The summed E-state index contributed by atoms with van der Waals surface area (Å²) in [5, 5.41) is 11.1. The molecule has 0 saturated heterocycles. The molecule has 0 amide bonds. The monoisotopic (exact) mass is 249 g/mol. The van der Waals surface area contributed by atoms with E-state index in [9.17, 15) is 18.0 Å². The highest BCUT2D eigenvalue weighted by Gasteiger charge is 2.13. The van der Waals surface area contributed by atoms with Gasteiger partial charge in [0.05, 0.1) is 0 Å². The fourth-order valence-electron chi connectivity index (χ4n) is 1.09. The number of alkyl halides is 2. The normalized spacial score (nSPS) is 12.3. The van der Waals surface area contributed by atoms with Crippen LogP contribution in [0.15, 0.2) is 18.2 Å². The topological polar surface area (TPSA) is 58.6 Å². The Morgan fingerprint density at radius 1 is 1.47 bits per heavy atom. The number of hydrogen-bond acceptors (Lipinski definition) is 3. The number of carboxylic acid groups (broad SMARTS) is 1. The maximum absolute atomic E-state index is 13.2. The third-order valence-corrected chi connectivity index (χ3v) is 1.90. The highest BCUT2D eigenvalue weighted by atomic mass is 19.3. The van der Waals surface area contributed by atoms with E-state index in [1.54, 1.807) is 0 Å². The minimum absolute atomic E-state index is 0.166. The first kappa shape index (κ1) is 13.1. The Morgan fingerprint density at radius 2 is 2.12 bits per heavy atom. The Labute approximate surface area is 95.0 Å². The predicted molar refractivity (Wildman–Crippen MR) is 53.8 cm³/mol. The Bertz CT molecular complexity index is 412. The number of aliphatic carboxylic acids is 1. The van der Waals surface area contributed by atoms with E-state index in [0.717, 1.165) is 12.1 Å². The molecule has 7 heteroatoms. The van der Waals surface area contributed by atoms with Crippen LogP contribution in [-0.4, -0.2) is 23.7 Å². The first-order chi connectivity index (χ1) is 7.90. The van der Waals surface area contributed by atoms with Gasteiger partial charge >= 0.3 is 12.6 Å². The lowest BCUT2D eigenvalue weighted by molar-refractivity contribution is -0.137. The van der Waals surface area contributed by atoms with E-state index in [-0.39, 0.29) is 5.69 Å². The molecule has 0 aliphatic rings. The highest BCUT2D eigenvalue weighted by Crippen LogP contribution is 2.23. The van der Waals surface area contributed by atoms with Gasteiger partial charge in [-0.1, -0.05) is 0 Å². The van der Waals surface area contributed by atoms with E-state index >= 15 is 0 Å². The molecule has 0 aromatic heterocycles. The molecule has 0 heterocycles. The molecule has 1 aromatic rings. The summed E-state index contributed by atoms with van der Waals surface area (Å²) in [6.07, 6.45) is 0. The lowest BCUT2D eigenvalue weighted by Crippen LogP contribution is -2.25. The fraction of sp³-hybridized carbons (Fsp3) is 0.300. The van der Waals surface area contributed by atoms with Gasteiger partial charge in [0.2, 0.25) is 0 Å². The van der Waals surface area contributed by atoms with Crippen LogP contribution in [0.2, 0.25) is 0 Å². The third kappa shape index (κ3) is 3.86. The van der Waals surface area contributed by atoms with Crippen molar-refractivity contribution >= 4 is 11.7 Å². The quantitative estimate of drug-likeness (QED) is 0.840. The smallest absolute Gasteiger partial charge is 0.387 e. The van der Waals surface area contributed by atoms with Gasteiger partial charge in [0.15, 0.2) is 11.6 Å². The zero-order chi connectivity index (χ0) is 13.0. The molecule has 1 aromatic carbocycles. The van der Waals surface area contributed by atoms with Crippen LogP contribution >= 0.6 is 0 Å². The molecule has 0 radical (unpaired) electrons. The van der Waals surface area contributed by atoms with Gasteiger partial charge in [-0.3, -0.25) is 4.79 Å². The molecule has 4 nitrogen and oxygen atoms in total. The summed E-state index contributed by atoms with van der Waals surface area (Å²) < 4.78 is 40.8. The maximum Gasteiger partial charge on any atom is 0.387 e. The van der Waals surface area contributed by atoms with Gasteiger partial charge in [0.1, 0.15) is 6.04 Å². The summed E-state index contributed by atoms with van der Waals surface area (Å²) in [4.78, 5) is 10.5. The van der Waals surface area contributed by atoms with E-state index in [2.05, 4.69) is 10.1 Å². The largest absolute Gasteiger partial charge is 0.480 e. The molecular weight excluding hydrogens is 239 g/mol. The van der Waals surface area contributed by atoms with E-state index in [1.807, 2.05) is 0 Å². The molecule has 17 heavy (non-hydrogen) atoms. The molecule has 0 bridgehead atoms. The highest BCUT2D eigenvalue weighted by molar-refractivity contribution is 5.76. The lowest BCUT2D eigenvalue weighted by Gasteiger charge is -2.12. The van der Waals surface area contributed by atoms with E-state index in [4.69, 9.17) is 5.11 Å². The van der Waals surface area contributed by atoms with Crippen LogP contribution < -0.4 is 10.1 Å². The van der Waals surface area contributed by atoms with Gasteiger partial charge in [-0.25, -0.2) is 4.39 Å². The van der Waals surface area contributed by atoms with E-state index < -0.39 is 30.2 Å². The van der Waals surface area contributed by atoms with Gasteiger partial charge in [-0.05, 0) is 19.1 Å². The van der Waals surface area contributed by atoms with Crippen molar-refractivity contribution in [2.45, 2.75) is 19.6 Å². The van der Waals surface area contributed by atoms with Gasteiger partial charge in [-0.2, -0.15) is 8.78 Å². The summed E-state index contributed by atoms with van der Waals surface area (Å²) >= 11 is 0. The van der Waals surface area contributed by atoms with Crippen LogP contribution in [0.25, 0.3) is 0 Å². The number of nitrogens with one attached hydrogen (secondary N) is 1. The summed E-state index contributed by atoms with van der Waals surface area (Å²) in [5.41, 5.74) is 0.166. The minimum atomic E-state index is -3.11. The van der Waals surface area contributed by atoms with Crippen molar-refractivity contribution in [3.05, 3.63) is 24.0 Å². The molecule has 1 atom stereocenters.